The van der Waals surface area contributed by atoms with Gasteiger partial charge in [-0.1, -0.05) is 19.9 Å². The van der Waals surface area contributed by atoms with E-state index in [1.165, 1.54) is 5.56 Å². The van der Waals surface area contributed by atoms with E-state index in [-0.39, 0.29) is 5.91 Å². The predicted molar refractivity (Wildman–Crippen MR) is 85.8 cm³/mol. The average Bonchev–Trinajstić information content (AvgIpc) is 2.47. The van der Waals surface area contributed by atoms with Crippen LogP contribution in [-0.2, 0) is 11.2 Å². The van der Waals surface area contributed by atoms with Gasteiger partial charge in [0.25, 0.3) is 5.91 Å². The standard InChI is InChI=1S/C17H26N2O2/c1-12(2)9-11-19-17(20)13(3)21-16-8-4-7-15-14(16)6-5-10-18-15/h4,7-8,12-13,18H,5-6,9-11H2,1-3H3,(H,19,20). The van der Waals surface area contributed by atoms with Crippen molar-refractivity contribution in [3.05, 3.63) is 23.8 Å². The van der Waals surface area contributed by atoms with Gasteiger partial charge in [0.05, 0.1) is 0 Å². The lowest BCUT2D eigenvalue weighted by molar-refractivity contribution is -0.127. The minimum Gasteiger partial charge on any atom is -0.481 e. The Morgan fingerprint density at radius 2 is 2.19 bits per heavy atom. The maximum absolute atomic E-state index is 12.0. The van der Waals surface area contributed by atoms with Crippen LogP contribution in [0.25, 0.3) is 0 Å². The Morgan fingerprint density at radius 3 is 2.95 bits per heavy atom. The largest absolute Gasteiger partial charge is 0.481 e. The number of fused-ring (bicyclic) bond motifs is 1. The monoisotopic (exact) mass is 290 g/mol. The number of carbonyl (C=O) groups is 1. The lowest BCUT2D eigenvalue weighted by atomic mass is 10.0. The Morgan fingerprint density at radius 1 is 1.38 bits per heavy atom. The van der Waals surface area contributed by atoms with Crippen molar-refractivity contribution in [2.45, 2.75) is 46.1 Å². The predicted octanol–water partition coefficient (Wildman–Crippen LogP) is 2.97. The van der Waals surface area contributed by atoms with Gasteiger partial charge in [-0.2, -0.15) is 0 Å². The SMILES string of the molecule is CC(C)CCNC(=O)C(C)Oc1cccc2c1CCCN2. The summed E-state index contributed by atoms with van der Waals surface area (Å²) in [7, 11) is 0. The van der Waals surface area contributed by atoms with Gasteiger partial charge in [0.1, 0.15) is 5.75 Å². The molecular formula is C17H26N2O2. The number of nitrogens with one attached hydrogen (secondary N) is 2. The van der Waals surface area contributed by atoms with E-state index in [4.69, 9.17) is 4.74 Å². The van der Waals surface area contributed by atoms with Gasteiger partial charge in [-0.05, 0) is 44.2 Å². The zero-order valence-electron chi connectivity index (χ0n) is 13.2. The van der Waals surface area contributed by atoms with Gasteiger partial charge < -0.3 is 15.4 Å². The smallest absolute Gasteiger partial charge is 0.260 e. The van der Waals surface area contributed by atoms with Gasteiger partial charge in [0, 0.05) is 24.3 Å². The first-order chi connectivity index (χ1) is 10.1. The highest BCUT2D eigenvalue weighted by atomic mass is 16.5. The summed E-state index contributed by atoms with van der Waals surface area (Å²) in [6.45, 7) is 7.81. The zero-order valence-corrected chi connectivity index (χ0v) is 13.2. The molecule has 1 atom stereocenters. The summed E-state index contributed by atoms with van der Waals surface area (Å²) >= 11 is 0. The summed E-state index contributed by atoms with van der Waals surface area (Å²) in [4.78, 5) is 12.0. The van der Waals surface area contributed by atoms with Gasteiger partial charge >= 0.3 is 0 Å². The highest BCUT2D eigenvalue weighted by molar-refractivity contribution is 5.80. The Balaban J connectivity index is 1.93. The lowest BCUT2D eigenvalue weighted by Gasteiger charge is -2.23. The zero-order chi connectivity index (χ0) is 15.2. The highest BCUT2D eigenvalue weighted by Gasteiger charge is 2.18. The Hall–Kier alpha value is -1.71. The lowest BCUT2D eigenvalue weighted by Crippen LogP contribution is -2.37. The summed E-state index contributed by atoms with van der Waals surface area (Å²) in [6.07, 6.45) is 2.62. The van der Waals surface area contributed by atoms with Crippen molar-refractivity contribution in [1.82, 2.24) is 5.32 Å². The first kappa shape index (κ1) is 15.7. The first-order valence-electron chi connectivity index (χ1n) is 7.88. The molecule has 1 amide bonds. The van der Waals surface area contributed by atoms with Crippen LogP contribution in [0.15, 0.2) is 18.2 Å². The van der Waals surface area contributed by atoms with Crippen LogP contribution >= 0.6 is 0 Å². The molecule has 0 aromatic heterocycles. The van der Waals surface area contributed by atoms with E-state index in [2.05, 4.69) is 30.5 Å². The summed E-state index contributed by atoms with van der Waals surface area (Å²) in [6, 6.07) is 5.98. The van der Waals surface area contributed by atoms with Crippen molar-refractivity contribution >= 4 is 11.6 Å². The highest BCUT2D eigenvalue weighted by Crippen LogP contribution is 2.31. The Bertz CT molecular complexity index is 486. The van der Waals surface area contributed by atoms with Crippen LogP contribution < -0.4 is 15.4 Å². The molecule has 21 heavy (non-hydrogen) atoms. The molecule has 0 bridgehead atoms. The second-order valence-electron chi connectivity index (χ2n) is 6.05. The van der Waals surface area contributed by atoms with Crippen molar-refractivity contribution < 1.29 is 9.53 Å². The third-order valence-electron chi connectivity index (χ3n) is 3.75. The molecule has 116 valence electrons. The first-order valence-corrected chi connectivity index (χ1v) is 7.88. The molecular weight excluding hydrogens is 264 g/mol. The molecule has 2 N–H and O–H groups in total. The third-order valence-corrected chi connectivity index (χ3v) is 3.75. The number of hydrogen-bond donors (Lipinski definition) is 2. The molecule has 2 rings (SSSR count). The fourth-order valence-electron chi connectivity index (χ4n) is 2.46. The van der Waals surface area contributed by atoms with Crippen LogP contribution in [0.2, 0.25) is 0 Å². The fraction of sp³-hybridized carbons (Fsp3) is 0.588. The van der Waals surface area contributed by atoms with E-state index < -0.39 is 6.10 Å². The molecule has 1 unspecified atom stereocenters. The van der Waals surface area contributed by atoms with E-state index in [9.17, 15) is 4.79 Å². The summed E-state index contributed by atoms with van der Waals surface area (Å²) in [5.74, 6) is 1.37. The van der Waals surface area contributed by atoms with E-state index in [0.717, 1.165) is 37.2 Å². The quantitative estimate of drug-likeness (QED) is 0.847. The second kappa shape index (κ2) is 7.34. The molecule has 0 radical (unpaired) electrons. The van der Waals surface area contributed by atoms with Crippen molar-refractivity contribution in [2.24, 2.45) is 5.92 Å². The summed E-state index contributed by atoms with van der Waals surface area (Å²) in [5.41, 5.74) is 2.32. The fourth-order valence-corrected chi connectivity index (χ4v) is 2.46. The molecule has 1 aliphatic rings. The van der Waals surface area contributed by atoms with Crippen LogP contribution in [0, 0.1) is 5.92 Å². The number of benzene rings is 1. The van der Waals surface area contributed by atoms with E-state index in [0.29, 0.717) is 12.5 Å². The third kappa shape index (κ3) is 4.38. The van der Waals surface area contributed by atoms with Crippen molar-refractivity contribution in [2.75, 3.05) is 18.4 Å². The summed E-state index contributed by atoms with van der Waals surface area (Å²) in [5, 5.41) is 6.31. The molecule has 0 fully saturated rings. The van der Waals surface area contributed by atoms with Crippen LogP contribution in [0.4, 0.5) is 5.69 Å². The van der Waals surface area contributed by atoms with Gasteiger partial charge in [0.15, 0.2) is 6.10 Å². The van der Waals surface area contributed by atoms with E-state index in [1.807, 2.05) is 12.1 Å². The van der Waals surface area contributed by atoms with Crippen molar-refractivity contribution in [3.8, 4) is 5.75 Å². The maximum Gasteiger partial charge on any atom is 0.260 e. The molecule has 0 aliphatic carbocycles. The molecule has 4 heteroatoms. The van der Waals surface area contributed by atoms with Gasteiger partial charge in [-0.15, -0.1) is 0 Å². The molecule has 0 saturated heterocycles. The number of hydrogen-bond acceptors (Lipinski definition) is 3. The van der Waals surface area contributed by atoms with Gasteiger partial charge in [-0.25, -0.2) is 0 Å². The average molecular weight is 290 g/mol. The number of anilines is 1. The number of amides is 1. The van der Waals surface area contributed by atoms with Crippen LogP contribution in [0.1, 0.15) is 39.2 Å². The Labute approximate surface area is 127 Å². The summed E-state index contributed by atoms with van der Waals surface area (Å²) < 4.78 is 5.88. The minimum atomic E-state index is -0.467. The van der Waals surface area contributed by atoms with Crippen molar-refractivity contribution in [3.63, 3.8) is 0 Å². The minimum absolute atomic E-state index is 0.0444. The molecule has 0 saturated carbocycles. The van der Waals surface area contributed by atoms with E-state index in [1.54, 1.807) is 6.92 Å². The van der Waals surface area contributed by atoms with Crippen LogP contribution in [-0.4, -0.2) is 25.1 Å². The molecule has 1 aromatic rings. The van der Waals surface area contributed by atoms with Crippen LogP contribution in [0.3, 0.4) is 0 Å². The van der Waals surface area contributed by atoms with Crippen LogP contribution in [0.5, 0.6) is 5.75 Å². The number of rotatable bonds is 6. The molecule has 1 heterocycles. The topological polar surface area (TPSA) is 50.4 Å². The van der Waals surface area contributed by atoms with Crippen molar-refractivity contribution in [1.29, 1.82) is 0 Å². The molecule has 4 nitrogen and oxygen atoms in total. The van der Waals surface area contributed by atoms with Gasteiger partial charge in [0.2, 0.25) is 0 Å². The molecule has 0 spiro atoms. The molecule has 1 aliphatic heterocycles. The molecule has 1 aromatic carbocycles. The number of ether oxygens (including phenoxy) is 1. The normalized spacial score (nSPS) is 15.0. The van der Waals surface area contributed by atoms with Gasteiger partial charge in [-0.3, -0.25) is 4.79 Å². The maximum atomic E-state index is 12.0. The Kier molecular flexibility index (Phi) is 5.48. The number of carbonyl (C=O) groups excluding carboxylic acids is 1. The van der Waals surface area contributed by atoms with E-state index >= 15 is 0 Å². The second-order valence-corrected chi connectivity index (χ2v) is 6.05.